The number of aromatic nitrogens is 1. The zero-order valence-corrected chi connectivity index (χ0v) is 9.09. The number of benzene rings is 1. The molecule has 0 aliphatic heterocycles. The van der Waals surface area contributed by atoms with Crippen LogP contribution < -0.4 is 5.32 Å². The van der Waals surface area contributed by atoms with E-state index in [1.165, 1.54) is 5.56 Å². The number of anilines is 1. The number of pyridine rings is 1. The fraction of sp³-hybridized carbons (Fsp3) is 0.0833. The topological polar surface area (TPSA) is 24.9 Å². The average molecular weight is 248 g/mol. The van der Waals surface area contributed by atoms with Crippen LogP contribution in [0, 0.1) is 0 Å². The van der Waals surface area contributed by atoms with E-state index in [9.17, 15) is 0 Å². The Hall–Kier alpha value is -1.31. The van der Waals surface area contributed by atoms with Crippen molar-refractivity contribution in [1.29, 1.82) is 0 Å². The van der Waals surface area contributed by atoms with Crippen molar-refractivity contribution in [3.05, 3.63) is 60.3 Å². The summed E-state index contributed by atoms with van der Waals surface area (Å²) in [4.78, 5) is 4.18. The van der Waals surface area contributed by atoms with Crippen LogP contribution in [0.2, 0.25) is 0 Å². The Labute approximate surface area is 100 Å². The quantitative estimate of drug-likeness (QED) is 0.844. The molecule has 2 aromatic rings. The van der Waals surface area contributed by atoms with Crippen LogP contribution in [0.5, 0.6) is 0 Å². The van der Waals surface area contributed by atoms with Gasteiger partial charge in [0.05, 0.1) is 0 Å². The minimum absolute atomic E-state index is 0. The molecule has 0 aliphatic carbocycles. The molecule has 0 saturated carbocycles. The van der Waals surface area contributed by atoms with Gasteiger partial charge in [0.1, 0.15) is 5.82 Å². The standard InChI is InChI=1S/C12H12N2.Cu/c1-2-6-11(7-3-1)10-14-12-8-4-5-9-13-12;/h1-9H,10H2,(H,13,14);. The van der Waals surface area contributed by atoms with Crippen LogP contribution in [0.25, 0.3) is 0 Å². The van der Waals surface area contributed by atoms with Gasteiger partial charge in [0, 0.05) is 29.8 Å². The van der Waals surface area contributed by atoms with Crippen LogP contribution in [0.1, 0.15) is 5.56 Å². The maximum Gasteiger partial charge on any atom is 0.126 e. The van der Waals surface area contributed by atoms with Crippen LogP contribution in [0.4, 0.5) is 5.82 Å². The van der Waals surface area contributed by atoms with Crippen molar-refractivity contribution in [2.45, 2.75) is 6.54 Å². The molecule has 1 N–H and O–H groups in total. The summed E-state index contributed by atoms with van der Waals surface area (Å²) in [6.07, 6.45) is 1.79. The minimum Gasteiger partial charge on any atom is -0.366 e. The molecule has 0 unspecified atom stereocenters. The van der Waals surface area contributed by atoms with Gasteiger partial charge in [-0.25, -0.2) is 4.98 Å². The largest absolute Gasteiger partial charge is 0.366 e. The van der Waals surface area contributed by atoms with E-state index in [0.29, 0.717) is 0 Å². The number of rotatable bonds is 3. The van der Waals surface area contributed by atoms with E-state index in [2.05, 4.69) is 22.4 Å². The van der Waals surface area contributed by atoms with E-state index in [1.54, 1.807) is 6.20 Å². The van der Waals surface area contributed by atoms with Crippen LogP contribution >= 0.6 is 0 Å². The summed E-state index contributed by atoms with van der Waals surface area (Å²) in [6, 6.07) is 16.1. The second kappa shape index (κ2) is 6.23. The van der Waals surface area contributed by atoms with Gasteiger partial charge in [-0.2, -0.15) is 0 Å². The van der Waals surface area contributed by atoms with Crippen molar-refractivity contribution in [3.63, 3.8) is 0 Å². The molecule has 0 bridgehead atoms. The molecular formula is C12H12CuN2. The molecule has 2 nitrogen and oxygen atoms in total. The molecule has 0 saturated heterocycles. The third-order valence-electron chi connectivity index (χ3n) is 1.98. The summed E-state index contributed by atoms with van der Waals surface area (Å²) >= 11 is 0. The van der Waals surface area contributed by atoms with Crippen molar-refractivity contribution in [2.24, 2.45) is 0 Å². The van der Waals surface area contributed by atoms with Gasteiger partial charge < -0.3 is 5.32 Å². The molecule has 1 heterocycles. The second-order valence-corrected chi connectivity index (χ2v) is 3.05. The number of hydrogen-bond acceptors (Lipinski definition) is 2. The fourth-order valence-electron chi connectivity index (χ4n) is 1.26. The van der Waals surface area contributed by atoms with Crippen molar-refractivity contribution in [3.8, 4) is 0 Å². The predicted molar refractivity (Wildman–Crippen MR) is 58.0 cm³/mol. The molecule has 3 heteroatoms. The Bertz CT molecular complexity index is 336. The van der Waals surface area contributed by atoms with Crippen molar-refractivity contribution in [2.75, 3.05) is 5.32 Å². The van der Waals surface area contributed by atoms with Gasteiger partial charge >= 0.3 is 0 Å². The van der Waals surface area contributed by atoms with E-state index in [0.717, 1.165) is 12.4 Å². The van der Waals surface area contributed by atoms with Crippen molar-refractivity contribution >= 4 is 5.82 Å². The first-order valence-electron chi connectivity index (χ1n) is 4.64. The first-order valence-corrected chi connectivity index (χ1v) is 4.64. The van der Waals surface area contributed by atoms with Crippen LogP contribution in [0.15, 0.2) is 54.7 Å². The Balaban J connectivity index is 0.00000112. The van der Waals surface area contributed by atoms with E-state index >= 15 is 0 Å². The summed E-state index contributed by atoms with van der Waals surface area (Å²) in [5.41, 5.74) is 1.26. The zero-order valence-electron chi connectivity index (χ0n) is 8.15. The molecule has 15 heavy (non-hydrogen) atoms. The average Bonchev–Trinajstić information content (AvgIpc) is 2.29. The smallest absolute Gasteiger partial charge is 0.126 e. The minimum atomic E-state index is 0. The van der Waals surface area contributed by atoms with Gasteiger partial charge in [0.15, 0.2) is 0 Å². The monoisotopic (exact) mass is 247 g/mol. The van der Waals surface area contributed by atoms with Crippen LogP contribution in [-0.2, 0) is 23.6 Å². The number of hydrogen-bond donors (Lipinski definition) is 1. The van der Waals surface area contributed by atoms with Crippen LogP contribution in [0.3, 0.4) is 0 Å². The molecule has 0 amide bonds. The summed E-state index contributed by atoms with van der Waals surface area (Å²) in [5, 5.41) is 3.25. The van der Waals surface area contributed by atoms with E-state index in [4.69, 9.17) is 0 Å². The van der Waals surface area contributed by atoms with Gasteiger partial charge in [0.25, 0.3) is 0 Å². The Morgan fingerprint density at radius 2 is 1.67 bits per heavy atom. The molecule has 0 aliphatic rings. The van der Waals surface area contributed by atoms with E-state index in [1.807, 2.05) is 36.4 Å². The molecule has 2 rings (SSSR count). The number of nitrogens with zero attached hydrogens (tertiary/aromatic N) is 1. The third-order valence-corrected chi connectivity index (χ3v) is 1.98. The Morgan fingerprint density at radius 1 is 0.933 bits per heavy atom. The summed E-state index contributed by atoms with van der Waals surface area (Å²) < 4.78 is 0. The van der Waals surface area contributed by atoms with Gasteiger partial charge in [-0.15, -0.1) is 0 Å². The van der Waals surface area contributed by atoms with Gasteiger partial charge in [-0.1, -0.05) is 36.4 Å². The first-order chi connectivity index (χ1) is 6.95. The molecule has 0 fully saturated rings. The molecule has 0 spiro atoms. The summed E-state index contributed by atoms with van der Waals surface area (Å²) in [7, 11) is 0. The SMILES string of the molecule is [Cu].c1ccc(CNc2ccccn2)cc1. The van der Waals surface area contributed by atoms with Crippen molar-refractivity contribution < 1.29 is 17.1 Å². The molecule has 81 valence electrons. The first kappa shape index (κ1) is 11.8. The molecule has 1 radical (unpaired) electrons. The summed E-state index contributed by atoms with van der Waals surface area (Å²) in [6.45, 7) is 0.817. The summed E-state index contributed by atoms with van der Waals surface area (Å²) in [5.74, 6) is 0.913. The van der Waals surface area contributed by atoms with E-state index in [-0.39, 0.29) is 17.1 Å². The fourth-order valence-corrected chi connectivity index (χ4v) is 1.26. The molecular weight excluding hydrogens is 236 g/mol. The third kappa shape index (κ3) is 3.74. The predicted octanol–water partition coefficient (Wildman–Crippen LogP) is 2.69. The normalized spacial score (nSPS) is 9.07. The maximum absolute atomic E-state index is 4.18. The Morgan fingerprint density at radius 3 is 2.33 bits per heavy atom. The van der Waals surface area contributed by atoms with Gasteiger partial charge in [0.2, 0.25) is 0 Å². The number of nitrogens with one attached hydrogen (secondary N) is 1. The maximum atomic E-state index is 4.18. The van der Waals surface area contributed by atoms with Crippen LogP contribution in [-0.4, -0.2) is 4.98 Å². The molecule has 1 aromatic heterocycles. The van der Waals surface area contributed by atoms with E-state index < -0.39 is 0 Å². The molecule has 0 atom stereocenters. The molecule has 1 aromatic carbocycles. The second-order valence-electron chi connectivity index (χ2n) is 3.05. The Kier molecular flexibility index (Phi) is 4.88. The van der Waals surface area contributed by atoms with Gasteiger partial charge in [-0.05, 0) is 17.7 Å². The van der Waals surface area contributed by atoms with Gasteiger partial charge in [-0.3, -0.25) is 0 Å². The van der Waals surface area contributed by atoms with Crippen molar-refractivity contribution in [1.82, 2.24) is 4.98 Å². The zero-order chi connectivity index (χ0) is 9.64.